The Bertz CT molecular complexity index is 532. The number of carbonyl (C=O) groups excluding carboxylic acids is 1. The fraction of sp³-hybridized carbons (Fsp3) is 0.385. The summed E-state index contributed by atoms with van der Waals surface area (Å²) in [5, 5.41) is 21.9. The molecule has 0 atom stereocenters. The Labute approximate surface area is 121 Å². The number of hydrogen-bond acceptors (Lipinski definition) is 4. The fourth-order valence-corrected chi connectivity index (χ4v) is 1.70. The maximum Gasteiger partial charge on any atom is 0.317 e. The molecule has 2 amide bonds. The van der Waals surface area contributed by atoms with Crippen LogP contribution in [0, 0.1) is 10.1 Å². The molecule has 0 aliphatic rings. The van der Waals surface area contributed by atoms with Crippen molar-refractivity contribution in [3.8, 4) is 0 Å². The lowest BCUT2D eigenvalue weighted by Gasteiger charge is -2.20. The summed E-state index contributed by atoms with van der Waals surface area (Å²) in [5.41, 5.74) is 0.562. The molecule has 0 heterocycles. The maximum absolute atomic E-state index is 11.9. The van der Waals surface area contributed by atoms with Gasteiger partial charge in [-0.2, -0.15) is 0 Å². The number of amides is 2. The van der Waals surface area contributed by atoms with E-state index < -0.39 is 16.9 Å². The first-order valence-electron chi connectivity index (χ1n) is 6.42. The van der Waals surface area contributed by atoms with Crippen molar-refractivity contribution in [3.05, 3.63) is 39.9 Å². The molecule has 8 heteroatoms. The van der Waals surface area contributed by atoms with E-state index in [1.807, 2.05) is 0 Å². The minimum absolute atomic E-state index is 0.0417. The molecule has 0 aliphatic carbocycles. The Morgan fingerprint density at radius 3 is 2.71 bits per heavy atom. The monoisotopic (exact) mass is 295 g/mol. The number of non-ortho nitro benzene ring substituents is 1. The van der Waals surface area contributed by atoms with E-state index in [0.29, 0.717) is 12.1 Å². The van der Waals surface area contributed by atoms with Gasteiger partial charge in [0.25, 0.3) is 5.69 Å². The van der Waals surface area contributed by atoms with Crippen molar-refractivity contribution in [3.63, 3.8) is 0 Å². The molecule has 8 nitrogen and oxygen atoms in total. The van der Waals surface area contributed by atoms with Crippen LogP contribution in [0.15, 0.2) is 24.3 Å². The first-order chi connectivity index (χ1) is 9.93. The van der Waals surface area contributed by atoms with E-state index >= 15 is 0 Å². The van der Waals surface area contributed by atoms with Gasteiger partial charge in [0.1, 0.15) is 0 Å². The third-order valence-electron chi connectivity index (χ3n) is 2.83. The summed E-state index contributed by atoms with van der Waals surface area (Å²) >= 11 is 0. The summed E-state index contributed by atoms with van der Waals surface area (Å²) in [6.07, 6.45) is -0.127. The van der Waals surface area contributed by atoms with Crippen molar-refractivity contribution >= 4 is 17.7 Å². The van der Waals surface area contributed by atoms with E-state index in [1.54, 1.807) is 19.1 Å². The third kappa shape index (κ3) is 5.47. The normalized spacial score (nSPS) is 9.95. The predicted octanol–water partition coefficient (Wildman–Crippen LogP) is 1.60. The van der Waals surface area contributed by atoms with Crippen molar-refractivity contribution in [2.24, 2.45) is 0 Å². The Balaban J connectivity index is 2.56. The topological polar surface area (TPSA) is 113 Å². The molecule has 0 unspecified atom stereocenters. The molecule has 0 saturated heterocycles. The lowest BCUT2D eigenvalue weighted by Crippen LogP contribution is -2.40. The number of hydrogen-bond donors (Lipinski definition) is 2. The standard InChI is InChI=1S/C13H17N3O5/c1-2-15(7-6-12(17)18)13(19)14-9-10-4-3-5-11(8-10)16(20)21/h3-5,8H,2,6-7,9H2,1H3,(H,14,19)(H,17,18). The van der Waals surface area contributed by atoms with Gasteiger partial charge in [0.15, 0.2) is 0 Å². The van der Waals surface area contributed by atoms with E-state index in [0.717, 1.165) is 0 Å². The lowest BCUT2D eigenvalue weighted by atomic mass is 10.2. The van der Waals surface area contributed by atoms with Crippen LogP contribution in [0.25, 0.3) is 0 Å². The zero-order valence-corrected chi connectivity index (χ0v) is 11.6. The highest BCUT2D eigenvalue weighted by molar-refractivity contribution is 5.75. The number of nitro benzene ring substituents is 1. The number of aliphatic carboxylic acids is 1. The van der Waals surface area contributed by atoms with Gasteiger partial charge in [-0.1, -0.05) is 12.1 Å². The summed E-state index contributed by atoms with van der Waals surface area (Å²) in [7, 11) is 0. The third-order valence-corrected chi connectivity index (χ3v) is 2.83. The van der Waals surface area contributed by atoms with Crippen LogP contribution in [0.4, 0.5) is 10.5 Å². The van der Waals surface area contributed by atoms with E-state index in [4.69, 9.17) is 5.11 Å². The number of carbonyl (C=O) groups is 2. The summed E-state index contributed by atoms with van der Waals surface area (Å²) in [6.45, 7) is 2.39. The Kier molecular flexibility index (Phi) is 6.12. The van der Waals surface area contributed by atoms with Gasteiger partial charge >= 0.3 is 12.0 Å². The van der Waals surface area contributed by atoms with E-state index in [2.05, 4.69) is 5.32 Å². The van der Waals surface area contributed by atoms with Gasteiger partial charge < -0.3 is 15.3 Å². The second-order valence-corrected chi connectivity index (χ2v) is 4.31. The first kappa shape index (κ1) is 16.4. The number of urea groups is 1. The molecule has 0 bridgehead atoms. The molecular formula is C13H17N3O5. The van der Waals surface area contributed by atoms with Crippen LogP contribution in [0.3, 0.4) is 0 Å². The number of carboxylic acids is 1. The average molecular weight is 295 g/mol. The largest absolute Gasteiger partial charge is 0.481 e. The molecule has 114 valence electrons. The van der Waals surface area contributed by atoms with Crippen LogP contribution in [0.1, 0.15) is 18.9 Å². The SMILES string of the molecule is CCN(CCC(=O)O)C(=O)NCc1cccc([N+](=O)[O-])c1. The number of nitrogens with one attached hydrogen (secondary N) is 1. The number of rotatable bonds is 7. The Morgan fingerprint density at radius 1 is 1.43 bits per heavy atom. The summed E-state index contributed by atoms with van der Waals surface area (Å²) in [4.78, 5) is 33.9. The average Bonchev–Trinajstić information content (AvgIpc) is 2.45. The van der Waals surface area contributed by atoms with E-state index in [9.17, 15) is 19.7 Å². The second kappa shape index (κ2) is 7.83. The smallest absolute Gasteiger partial charge is 0.317 e. The van der Waals surface area contributed by atoms with Crippen molar-refractivity contribution < 1.29 is 19.6 Å². The van der Waals surface area contributed by atoms with Gasteiger partial charge in [-0.3, -0.25) is 14.9 Å². The molecule has 21 heavy (non-hydrogen) atoms. The van der Waals surface area contributed by atoms with Gasteiger partial charge in [-0.25, -0.2) is 4.79 Å². The van der Waals surface area contributed by atoms with Gasteiger partial charge in [-0.05, 0) is 12.5 Å². The summed E-state index contributed by atoms with van der Waals surface area (Å²) in [5.74, 6) is -0.972. The molecular weight excluding hydrogens is 278 g/mol. The molecule has 2 N–H and O–H groups in total. The predicted molar refractivity (Wildman–Crippen MR) is 74.8 cm³/mol. The molecule has 1 rings (SSSR count). The van der Waals surface area contributed by atoms with Gasteiger partial charge in [0.05, 0.1) is 11.3 Å². The van der Waals surface area contributed by atoms with Crippen molar-refractivity contribution in [1.29, 1.82) is 0 Å². The molecule has 0 fully saturated rings. The number of benzene rings is 1. The first-order valence-corrected chi connectivity index (χ1v) is 6.42. The van der Waals surface area contributed by atoms with Crippen LogP contribution >= 0.6 is 0 Å². The second-order valence-electron chi connectivity index (χ2n) is 4.31. The highest BCUT2D eigenvalue weighted by Gasteiger charge is 2.13. The molecule has 0 radical (unpaired) electrons. The molecule has 0 spiro atoms. The van der Waals surface area contributed by atoms with Crippen molar-refractivity contribution in [2.45, 2.75) is 19.9 Å². The number of nitrogens with zero attached hydrogens (tertiary/aromatic N) is 2. The molecule has 1 aromatic carbocycles. The van der Waals surface area contributed by atoms with E-state index in [1.165, 1.54) is 17.0 Å². The lowest BCUT2D eigenvalue weighted by molar-refractivity contribution is -0.384. The molecule has 1 aromatic rings. The molecule has 0 aliphatic heterocycles. The van der Waals surface area contributed by atoms with Gasteiger partial charge in [-0.15, -0.1) is 0 Å². The van der Waals surface area contributed by atoms with E-state index in [-0.39, 0.29) is 25.2 Å². The minimum atomic E-state index is -0.972. The van der Waals surface area contributed by atoms with Gasteiger partial charge in [0, 0.05) is 31.8 Å². The minimum Gasteiger partial charge on any atom is -0.481 e. The Hall–Kier alpha value is -2.64. The van der Waals surface area contributed by atoms with Crippen molar-refractivity contribution in [1.82, 2.24) is 10.2 Å². The molecule has 0 saturated carbocycles. The number of carboxylic acid groups (broad SMARTS) is 1. The Morgan fingerprint density at radius 2 is 2.14 bits per heavy atom. The quantitative estimate of drug-likeness (QED) is 0.586. The highest BCUT2D eigenvalue weighted by atomic mass is 16.6. The van der Waals surface area contributed by atoms with Crippen LogP contribution in [0.5, 0.6) is 0 Å². The fourth-order valence-electron chi connectivity index (χ4n) is 1.70. The number of nitro groups is 1. The zero-order chi connectivity index (χ0) is 15.8. The van der Waals surface area contributed by atoms with Crippen molar-refractivity contribution in [2.75, 3.05) is 13.1 Å². The molecule has 0 aromatic heterocycles. The maximum atomic E-state index is 11.9. The van der Waals surface area contributed by atoms with Crippen LogP contribution in [-0.4, -0.2) is 40.0 Å². The highest BCUT2D eigenvalue weighted by Crippen LogP contribution is 2.12. The van der Waals surface area contributed by atoms with Gasteiger partial charge in [0.2, 0.25) is 0 Å². The summed E-state index contributed by atoms with van der Waals surface area (Å²) in [6, 6.07) is 5.57. The van der Waals surface area contributed by atoms with Crippen LogP contribution in [0.2, 0.25) is 0 Å². The van der Waals surface area contributed by atoms with Crippen LogP contribution in [-0.2, 0) is 11.3 Å². The zero-order valence-electron chi connectivity index (χ0n) is 11.6. The summed E-state index contributed by atoms with van der Waals surface area (Å²) < 4.78 is 0. The van der Waals surface area contributed by atoms with Crippen LogP contribution < -0.4 is 5.32 Å².